The largest absolute Gasteiger partial charge is 0.461 e. The van der Waals surface area contributed by atoms with Crippen LogP contribution in [0.25, 0.3) is 0 Å². The summed E-state index contributed by atoms with van der Waals surface area (Å²) in [4.78, 5) is 25.1. The van der Waals surface area contributed by atoms with Crippen molar-refractivity contribution < 1.29 is 14.3 Å². The number of hydrogen-bond acceptors (Lipinski definition) is 4. The van der Waals surface area contributed by atoms with Crippen LogP contribution in [0.1, 0.15) is 29.3 Å². The molecule has 1 aliphatic heterocycles. The highest BCUT2D eigenvalue weighted by Crippen LogP contribution is 2.20. The Balaban J connectivity index is 1.99. The zero-order valence-electron chi connectivity index (χ0n) is 12.1. The van der Waals surface area contributed by atoms with Crippen LogP contribution in [0.5, 0.6) is 0 Å². The van der Waals surface area contributed by atoms with E-state index in [2.05, 4.69) is 5.32 Å². The lowest BCUT2D eigenvalue weighted by Gasteiger charge is -2.21. The lowest BCUT2D eigenvalue weighted by Crippen LogP contribution is -2.34. The molecule has 0 aromatic heterocycles. The van der Waals surface area contributed by atoms with Crippen LogP contribution in [-0.2, 0) is 16.1 Å². The predicted octanol–water partition coefficient (Wildman–Crippen LogP) is 1.18. The summed E-state index contributed by atoms with van der Waals surface area (Å²) in [7, 11) is 3.52. The first-order valence-corrected chi connectivity index (χ1v) is 6.73. The summed E-state index contributed by atoms with van der Waals surface area (Å²) in [5.41, 5.74) is 1.69. The van der Waals surface area contributed by atoms with Crippen LogP contribution in [0.4, 0.5) is 0 Å². The van der Waals surface area contributed by atoms with E-state index in [9.17, 15) is 9.59 Å². The molecule has 0 unspecified atom stereocenters. The number of cyclic esters (lactones) is 1. The van der Waals surface area contributed by atoms with E-state index in [1.165, 1.54) is 0 Å². The molecule has 108 valence electrons. The minimum atomic E-state index is -0.177. The lowest BCUT2D eigenvalue weighted by atomic mass is 10.1. The molecular weight excluding hydrogens is 256 g/mol. The molecule has 1 heterocycles. The highest BCUT2D eigenvalue weighted by Gasteiger charge is 2.34. The van der Waals surface area contributed by atoms with Gasteiger partial charge in [-0.2, -0.15) is 0 Å². The van der Waals surface area contributed by atoms with Crippen LogP contribution in [0.2, 0.25) is 0 Å². The molecule has 1 aromatic rings. The van der Waals surface area contributed by atoms with Crippen molar-refractivity contribution in [3.63, 3.8) is 0 Å². The van der Waals surface area contributed by atoms with E-state index in [0.717, 1.165) is 12.0 Å². The molecule has 0 bridgehead atoms. The molecule has 5 heteroatoms. The van der Waals surface area contributed by atoms with Gasteiger partial charge in [0, 0.05) is 25.6 Å². The second-order valence-electron chi connectivity index (χ2n) is 5.19. The topological polar surface area (TPSA) is 58.6 Å². The number of esters is 1. The summed E-state index contributed by atoms with van der Waals surface area (Å²) in [5, 5.41) is 2.59. The van der Waals surface area contributed by atoms with E-state index < -0.39 is 0 Å². The third kappa shape index (κ3) is 3.17. The molecule has 1 amide bonds. The number of rotatable bonds is 4. The Morgan fingerprint density at radius 1 is 1.40 bits per heavy atom. The Morgan fingerprint density at radius 2 is 2.05 bits per heavy atom. The molecule has 0 radical (unpaired) electrons. The van der Waals surface area contributed by atoms with Gasteiger partial charge in [0.25, 0.3) is 5.91 Å². The first kappa shape index (κ1) is 14.5. The van der Waals surface area contributed by atoms with Crippen LogP contribution in [0.15, 0.2) is 24.3 Å². The van der Waals surface area contributed by atoms with Crippen molar-refractivity contribution in [1.82, 2.24) is 10.2 Å². The fourth-order valence-corrected chi connectivity index (χ4v) is 2.40. The Hall–Kier alpha value is -1.88. The van der Waals surface area contributed by atoms with Gasteiger partial charge in [-0.15, -0.1) is 0 Å². The summed E-state index contributed by atoms with van der Waals surface area (Å²) < 4.78 is 5.16. The monoisotopic (exact) mass is 276 g/mol. The van der Waals surface area contributed by atoms with Crippen molar-refractivity contribution in [2.75, 3.05) is 14.1 Å². The molecule has 2 rings (SSSR count). The van der Waals surface area contributed by atoms with Crippen molar-refractivity contribution in [2.24, 2.45) is 0 Å². The Kier molecular flexibility index (Phi) is 4.39. The number of carbonyl (C=O) groups is 2. The molecule has 1 aromatic carbocycles. The quantitative estimate of drug-likeness (QED) is 0.839. The first-order chi connectivity index (χ1) is 9.51. The van der Waals surface area contributed by atoms with Gasteiger partial charge in [-0.3, -0.25) is 14.5 Å². The molecule has 0 spiro atoms. The van der Waals surface area contributed by atoms with Gasteiger partial charge in [-0.05, 0) is 31.7 Å². The Morgan fingerprint density at radius 3 is 2.55 bits per heavy atom. The number of benzene rings is 1. The Labute approximate surface area is 118 Å². The zero-order chi connectivity index (χ0) is 14.7. The number of carbonyl (C=O) groups excluding carboxylic acids is 2. The number of ether oxygens (including phenoxy) is 1. The molecule has 5 nitrogen and oxygen atoms in total. The fraction of sp³-hybridized carbons (Fsp3) is 0.467. The molecule has 0 saturated carbocycles. The third-order valence-electron chi connectivity index (χ3n) is 3.55. The summed E-state index contributed by atoms with van der Waals surface area (Å²) in [6, 6.07) is 7.22. The van der Waals surface area contributed by atoms with Crippen molar-refractivity contribution in [2.45, 2.75) is 32.0 Å². The van der Waals surface area contributed by atoms with E-state index in [-0.39, 0.29) is 24.0 Å². The summed E-state index contributed by atoms with van der Waals surface area (Å²) in [6.07, 6.45) is 0.719. The minimum absolute atomic E-state index is 0.00873. The predicted molar refractivity (Wildman–Crippen MR) is 75.3 cm³/mol. The van der Waals surface area contributed by atoms with E-state index in [4.69, 9.17) is 4.74 Å². The van der Waals surface area contributed by atoms with Crippen LogP contribution in [0.3, 0.4) is 0 Å². The maximum Gasteiger partial charge on any atom is 0.323 e. The van der Waals surface area contributed by atoms with Gasteiger partial charge < -0.3 is 10.1 Å². The SMILES string of the molecule is CNC(=O)c1ccc(CN(C)[C@H]2C[C@H](C)OC2=O)cc1. The molecule has 1 aliphatic rings. The van der Waals surface area contributed by atoms with Gasteiger partial charge in [0.05, 0.1) is 0 Å². The fourth-order valence-electron chi connectivity index (χ4n) is 2.40. The Bertz CT molecular complexity index is 498. The average molecular weight is 276 g/mol. The van der Waals surface area contributed by atoms with Crippen molar-refractivity contribution in [3.8, 4) is 0 Å². The zero-order valence-corrected chi connectivity index (χ0v) is 12.1. The lowest BCUT2D eigenvalue weighted by molar-refractivity contribution is -0.144. The molecule has 1 saturated heterocycles. The number of nitrogens with zero attached hydrogens (tertiary/aromatic N) is 1. The molecular formula is C15H20N2O3. The molecule has 0 aliphatic carbocycles. The standard InChI is InChI=1S/C15H20N2O3/c1-10-8-13(15(19)20-10)17(3)9-11-4-6-12(7-5-11)14(18)16-2/h4-7,10,13H,8-9H2,1-3H3,(H,16,18)/t10-,13-/m0/s1. The van der Waals surface area contributed by atoms with Gasteiger partial charge in [-0.25, -0.2) is 0 Å². The molecule has 1 fully saturated rings. The second kappa shape index (κ2) is 6.05. The third-order valence-corrected chi connectivity index (χ3v) is 3.55. The van der Waals surface area contributed by atoms with E-state index >= 15 is 0 Å². The summed E-state index contributed by atoms with van der Waals surface area (Å²) in [6.45, 7) is 2.56. The van der Waals surface area contributed by atoms with Crippen LogP contribution < -0.4 is 5.32 Å². The van der Waals surface area contributed by atoms with E-state index in [1.807, 2.05) is 31.0 Å². The first-order valence-electron chi connectivity index (χ1n) is 6.73. The van der Waals surface area contributed by atoms with E-state index in [0.29, 0.717) is 12.1 Å². The maximum atomic E-state index is 11.7. The molecule has 1 N–H and O–H groups in total. The van der Waals surface area contributed by atoms with Gasteiger partial charge in [0.2, 0.25) is 0 Å². The number of amides is 1. The smallest absolute Gasteiger partial charge is 0.323 e. The summed E-state index contributed by atoms with van der Waals surface area (Å²) >= 11 is 0. The number of nitrogens with one attached hydrogen (secondary N) is 1. The summed E-state index contributed by atoms with van der Waals surface area (Å²) in [5.74, 6) is -0.250. The average Bonchev–Trinajstić information content (AvgIpc) is 2.78. The van der Waals surface area contributed by atoms with Gasteiger partial charge >= 0.3 is 5.97 Å². The van der Waals surface area contributed by atoms with Crippen molar-refractivity contribution in [1.29, 1.82) is 0 Å². The van der Waals surface area contributed by atoms with Crippen LogP contribution >= 0.6 is 0 Å². The van der Waals surface area contributed by atoms with E-state index in [1.54, 1.807) is 19.2 Å². The van der Waals surface area contributed by atoms with Crippen LogP contribution in [0, 0.1) is 0 Å². The number of likely N-dealkylation sites (N-methyl/N-ethyl adjacent to an activating group) is 1. The molecule has 2 atom stereocenters. The van der Waals surface area contributed by atoms with Crippen molar-refractivity contribution in [3.05, 3.63) is 35.4 Å². The number of hydrogen-bond donors (Lipinski definition) is 1. The maximum absolute atomic E-state index is 11.7. The van der Waals surface area contributed by atoms with Gasteiger partial charge in [-0.1, -0.05) is 12.1 Å². The molecule has 20 heavy (non-hydrogen) atoms. The van der Waals surface area contributed by atoms with Crippen LogP contribution in [-0.4, -0.2) is 43.0 Å². The normalized spacial score (nSPS) is 21.9. The minimum Gasteiger partial charge on any atom is -0.461 e. The van der Waals surface area contributed by atoms with Gasteiger partial charge in [0.1, 0.15) is 12.1 Å². The second-order valence-corrected chi connectivity index (χ2v) is 5.19. The highest BCUT2D eigenvalue weighted by atomic mass is 16.6. The van der Waals surface area contributed by atoms with Crippen molar-refractivity contribution >= 4 is 11.9 Å². The highest BCUT2D eigenvalue weighted by molar-refractivity contribution is 5.93. The van der Waals surface area contributed by atoms with Gasteiger partial charge in [0.15, 0.2) is 0 Å².